The van der Waals surface area contributed by atoms with E-state index in [4.69, 9.17) is 14.2 Å². The average Bonchev–Trinajstić information content (AvgIpc) is 3.07. The van der Waals surface area contributed by atoms with Crippen LogP contribution in [-0.4, -0.2) is 76.0 Å². The maximum Gasteiger partial charge on any atom is 0.352 e. The second-order valence-corrected chi connectivity index (χ2v) is 11.4. The minimum atomic E-state index is -1.36. The molecule has 5 rings (SSSR count). The van der Waals surface area contributed by atoms with E-state index >= 15 is 0 Å². The van der Waals surface area contributed by atoms with Crippen molar-refractivity contribution in [1.82, 2.24) is 15.5 Å². The molecule has 1 saturated heterocycles. The molecule has 0 aliphatic carbocycles. The van der Waals surface area contributed by atoms with Gasteiger partial charge in [-0.2, -0.15) is 0 Å². The summed E-state index contributed by atoms with van der Waals surface area (Å²) in [6, 6.07) is 20.7. The van der Waals surface area contributed by atoms with Crippen LogP contribution in [0.1, 0.15) is 28.9 Å². The number of esters is 2. The number of nitrogens with zero attached hydrogens (tertiary/aromatic N) is 1. The average molecular weight is 660 g/mol. The van der Waals surface area contributed by atoms with Crippen molar-refractivity contribution < 1.29 is 48.1 Å². The fourth-order valence-electron chi connectivity index (χ4n) is 4.92. The number of β-lactam (4-membered cyclic amide) rings is 1. The molecular formula is C33H29N3O10S. The highest BCUT2D eigenvalue weighted by atomic mass is 32.2. The molecule has 3 N–H and O–H groups in total. The van der Waals surface area contributed by atoms with Crippen LogP contribution in [0, 0.1) is 0 Å². The number of nitrogens with one attached hydrogen (secondary N) is 2. The van der Waals surface area contributed by atoms with Crippen LogP contribution in [0.3, 0.4) is 0 Å². The van der Waals surface area contributed by atoms with Crippen LogP contribution in [0.4, 0.5) is 0 Å². The van der Waals surface area contributed by atoms with Gasteiger partial charge in [-0.3, -0.25) is 24.1 Å². The fraction of sp³-hybridized carbons (Fsp3) is 0.212. The number of carbonyl (C=O) groups is 6. The Hall–Kier alpha value is -5.63. The lowest BCUT2D eigenvalue weighted by atomic mass is 10.0. The van der Waals surface area contributed by atoms with Gasteiger partial charge >= 0.3 is 17.9 Å². The van der Waals surface area contributed by atoms with E-state index in [0.717, 1.165) is 4.90 Å². The molecule has 14 heteroatoms. The third-order valence-electron chi connectivity index (χ3n) is 7.12. The van der Waals surface area contributed by atoms with Crippen molar-refractivity contribution in [2.24, 2.45) is 0 Å². The van der Waals surface area contributed by atoms with E-state index in [0.29, 0.717) is 11.3 Å². The van der Waals surface area contributed by atoms with Gasteiger partial charge in [0.2, 0.25) is 5.91 Å². The summed E-state index contributed by atoms with van der Waals surface area (Å²) in [5, 5.41) is 14.3. The Morgan fingerprint density at radius 3 is 2.30 bits per heavy atom. The first-order valence-corrected chi connectivity index (χ1v) is 15.4. The van der Waals surface area contributed by atoms with Crippen molar-refractivity contribution in [3.63, 3.8) is 0 Å². The van der Waals surface area contributed by atoms with E-state index in [1.54, 1.807) is 72.8 Å². The van der Waals surface area contributed by atoms with Gasteiger partial charge in [0, 0.05) is 18.2 Å². The minimum Gasteiger partial charge on any atom is -0.483 e. The highest BCUT2D eigenvalue weighted by molar-refractivity contribution is 8.00. The number of hydrogen-bond donors (Lipinski definition) is 3. The topological polar surface area (TPSA) is 178 Å². The molecule has 3 aromatic rings. The Labute approximate surface area is 272 Å². The van der Waals surface area contributed by atoms with Gasteiger partial charge in [-0.05, 0) is 29.8 Å². The highest BCUT2D eigenvalue weighted by Gasteiger charge is 2.54. The zero-order valence-electron chi connectivity index (χ0n) is 24.9. The smallest absolute Gasteiger partial charge is 0.352 e. The largest absolute Gasteiger partial charge is 0.483 e. The maximum atomic E-state index is 13.6. The summed E-state index contributed by atoms with van der Waals surface area (Å²) < 4.78 is 16.0. The first-order valence-electron chi connectivity index (χ1n) is 14.3. The van der Waals surface area contributed by atoms with Crippen molar-refractivity contribution in [3.05, 3.63) is 107 Å². The number of aliphatic carboxylic acids is 1. The Morgan fingerprint density at radius 2 is 1.62 bits per heavy atom. The zero-order valence-corrected chi connectivity index (χ0v) is 25.7. The van der Waals surface area contributed by atoms with E-state index in [2.05, 4.69) is 10.6 Å². The van der Waals surface area contributed by atoms with Crippen LogP contribution in [0.15, 0.2) is 96.2 Å². The number of amides is 3. The van der Waals surface area contributed by atoms with Crippen LogP contribution < -0.4 is 20.1 Å². The predicted molar refractivity (Wildman–Crippen MR) is 167 cm³/mol. The Kier molecular flexibility index (Phi) is 10.2. The number of fused-ring (bicyclic) bond motifs is 1. The quantitative estimate of drug-likeness (QED) is 0.148. The van der Waals surface area contributed by atoms with Crippen LogP contribution in [0.2, 0.25) is 0 Å². The minimum absolute atomic E-state index is 0.0883. The van der Waals surface area contributed by atoms with Crippen LogP contribution >= 0.6 is 11.8 Å². The van der Waals surface area contributed by atoms with Gasteiger partial charge in [0.25, 0.3) is 11.8 Å². The molecule has 3 aromatic carbocycles. The maximum absolute atomic E-state index is 13.6. The molecule has 1 fully saturated rings. The monoisotopic (exact) mass is 659 g/mol. The van der Waals surface area contributed by atoms with Crippen molar-refractivity contribution in [2.45, 2.75) is 24.4 Å². The number of carbonyl (C=O) groups excluding carboxylic acids is 5. The summed E-state index contributed by atoms with van der Waals surface area (Å²) >= 11 is 1.21. The number of rotatable bonds is 12. The normalized spacial score (nSPS) is 17.4. The van der Waals surface area contributed by atoms with Gasteiger partial charge < -0.3 is 30.0 Å². The molecule has 3 atom stereocenters. The number of ether oxygens (including phenoxy) is 3. The predicted octanol–water partition coefficient (Wildman–Crippen LogP) is 2.44. The molecule has 47 heavy (non-hydrogen) atoms. The lowest BCUT2D eigenvalue weighted by Crippen LogP contribution is -2.71. The van der Waals surface area contributed by atoms with Gasteiger partial charge in [-0.1, -0.05) is 60.7 Å². The lowest BCUT2D eigenvalue weighted by Gasteiger charge is -2.49. The summed E-state index contributed by atoms with van der Waals surface area (Å²) in [5.41, 5.74) is 0.477. The molecule has 0 unspecified atom stereocenters. The highest BCUT2D eigenvalue weighted by Crippen LogP contribution is 2.40. The SMILES string of the molecule is CC(=O)OCC1=C(C(=O)O)N2C(=O)[C@@H](NC(=O)[C@@H](NC(=O)COc3ccccc3C(=O)Oc3ccccc3)c3ccccc3)[C@H]2SC1. The van der Waals surface area contributed by atoms with Crippen LogP contribution in [-0.2, 0) is 28.7 Å². The lowest BCUT2D eigenvalue weighted by molar-refractivity contribution is -0.151. The van der Waals surface area contributed by atoms with Crippen molar-refractivity contribution in [3.8, 4) is 11.5 Å². The number of benzene rings is 3. The molecular weight excluding hydrogens is 630 g/mol. The Bertz CT molecular complexity index is 1730. The summed E-state index contributed by atoms with van der Waals surface area (Å²) in [6.45, 7) is 0.356. The first kappa shape index (κ1) is 32.8. The van der Waals surface area contributed by atoms with Gasteiger partial charge in [0.1, 0.15) is 46.8 Å². The molecule has 2 heterocycles. The first-order chi connectivity index (χ1) is 22.6. The van der Waals surface area contributed by atoms with E-state index in [1.807, 2.05) is 0 Å². The fourth-order valence-corrected chi connectivity index (χ4v) is 6.25. The molecule has 0 radical (unpaired) electrons. The number of hydrogen-bond acceptors (Lipinski definition) is 10. The molecule has 0 saturated carbocycles. The second-order valence-electron chi connectivity index (χ2n) is 10.3. The van der Waals surface area contributed by atoms with Gasteiger partial charge in [-0.25, -0.2) is 9.59 Å². The molecule has 0 aromatic heterocycles. The summed E-state index contributed by atoms with van der Waals surface area (Å²) in [4.78, 5) is 76.9. The molecule has 2 aliphatic rings. The van der Waals surface area contributed by atoms with E-state index in [-0.39, 0.29) is 34.9 Å². The van der Waals surface area contributed by atoms with Gasteiger partial charge in [0.05, 0.1) is 0 Å². The molecule has 242 valence electrons. The van der Waals surface area contributed by atoms with Crippen molar-refractivity contribution >= 4 is 47.4 Å². The van der Waals surface area contributed by atoms with Crippen LogP contribution in [0.5, 0.6) is 11.5 Å². The van der Waals surface area contributed by atoms with Gasteiger partial charge in [-0.15, -0.1) is 11.8 Å². The Morgan fingerprint density at radius 1 is 0.957 bits per heavy atom. The third-order valence-corrected chi connectivity index (χ3v) is 8.46. The molecule has 0 spiro atoms. The molecule has 13 nitrogen and oxygen atoms in total. The van der Waals surface area contributed by atoms with Crippen molar-refractivity contribution in [1.29, 1.82) is 0 Å². The number of thioether (sulfide) groups is 1. The number of carboxylic acids is 1. The number of carboxylic acid groups (broad SMARTS) is 1. The van der Waals surface area contributed by atoms with E-state index in [9.17, 15) is 33.9 Å². The molecule has 2 aliphatic heterocycles. The third kappa shape index (κ3) is 7.61. The van der Waals surface area contributed by atoms with E-state index in [1.165, 1.54) is 30.8 Å². The number of para-hydroxylation sites is 2. The zero-order chi connectivity index (χ0) is 33.5. The summed E-state index contributed by atoms with van der Waals surface area (Å²) in [5.74, 6) is -4.12. The second kappa shape index (κ2) is 14.6. The Balaban J connectivity index is 1.25. The molecule has 3 amide bonds. The summed E-state index contributed by atoms with van der Waals surface area (Å²) in [7, 11) is 0. The summed E-state index contributed by atoms with van der Waals surface area (Å²) in [6.07, 6.45) is 0. The molecule has 0 bridgehead atoms. The standard InChI is InChI=1S/C33H29N3O10S/c1-19(37)44-16-21-18-47-31-27(30(40)36(31)28(21)32(41)42)35-29(39)26(20-10-4-2-5-11-20)34-25(38)17-45-24-15-9-8-14-23(24)33(43)46-22-12-6-3-7-13-22/h2-15,26-27,31H,16-18H2,1H3,(H,34,38)(H,35,39)(H,41,42)/t26-,27+,31+/m0/s1. The van der Waals surface area contributed by atoms with E-state index < -0.39 is 59.7 Å². The van der Waals surface area contributed by atoms with Crippen molar-refractivity contribution in [2.75, 3.05) is 19.0 Å². The van der Waals surface area contributed by atoms with Gasteiger partial charge in [0.15, 0.2) is 6.61 Å². The van der Waals surface area contributed by atoms with Crippen LogP contribution in [0.25, 0.3) is 0 Å².